The molecule has 3 saturated heterocycles. The minimum Gasteiger partial charge on any atom is -0.443 e. The van der Waals surface area contributed by atoms with Gasteiger partial charge < -0.3 is 15.0 Å². The number of nitrogens with one attached hydrogen (secondary N) is 1. The Morgan fingerprint density at radius 2 is 1.84 bits per heavy atom. The van der Waals surface area contributed by atoms with Gasteiger partial charge in [0.2, 0.25) is 0 Å². The molecule has 5 heteroatoms. The summed E-state index contributed by atoms with van der Waals surface area (Å²) in [6.07, 6.45) is 9.22. The number of hydrogen-bond acceptors (Lipinski definition) is 3. The van der Waals surface area contributed by atoms with Crippen LogP contribution in [0.2, 0.25) is 0 Å². The largest absolute Gasteiger partial charge is 0.443 e. The van der Waals surface area contributed by atoms with Gasteiger partial charge in [-0.2, -0.15) is 0 Å². The van der Waals surface area contributed by atoms with Crippen LogP contribution in [-0.2, 0) is 4.74 Å². The van der Waals surface area contributed by atoms with Crippen molar-refractivity contribution in [2.24, 2.45) is 0 Å². The molecule has 4 aliphatic rings. The maximum absolute atomic E-state index is 12.2. The molecule has 4 nitrogen and oxygen atoms in total. The molecule has 1 amide bonds. The molecule has 1 N–H and O–H groups in total. The van der Waals surface area contributed by atoms with Crippen LogP contribution in [0, 0.1) is 0 Å². The molecule has 3 heterocycles. The zero-order chi connectivity index (χ0) is 12.2. The number of nitrogens with zero attached hydrogens (tertiary/aromatic N) is 1. The van der Waals surface area contributed by atoms with Crippen LogP contribution in [0.4, 0.5) is 4.79 Å². The number of piperidine rings is 1. The van der Waals surface area contributed by atoms with E-state index in [4.69, 9.17) is 4.74 Å². The number of rotatable bonds is 1. The second kappa shape index (κ2) is 4.81. The molecule has 108 valence electrons. The van der Waals surface area contributed by atoms with E-state index in [2.05, 4.69) is 5.32 Å². The minimum atomic E-state index is -0.131. The standard InChI is InChI=1S/C14H22N2O2.ClH/c17-13-16(12-2-1-3-12)7-6-14(18-13)8-10-4-5-11(9-14)15-10;/h10-12,15H,1-9H2;1H/t10-,11+,14?;. The lowest BCUT2D eigenvalue weighted by molar-refractivity contribution is -0.0865. The normalized spacial score (nSPS) is 41.7. The van der Waals surface area contributed by atoms with E-state index in [1.807, 2.05) is 4.90 Å². The number of hydrogen-bond donors (Lipinski definition) is 1. The average Bonchev–Trinajstić information content (AvgIpc) is 2.61. The highest BCUT2D eigenvalue weighted by atomic mass is 35.5. The predicted octanol–water partition coefficient (Wildman–Crippen LogP) is 2.46. The van der Waals surface area contributed by atoms with Crippen LogP contribution in [-0.4, -0.2) is 41.3 Å². The van der Waals surface area contributed by atoms with Gasteiger partial charge in [0.15, 0.2) is 0 Å². The molecule has 4 fully saturated rings. The highest BCUT2D eigenvalue weighted by Crippen LogP contribution is 2.42. The zero-order valence-electron chi connectivity index (χ0n) is 11.3. The topological polar surface area (TPSA) is 41.6 Å². The summed E-state index contributed by atoms with van der Waals surface area (Å²) in [5, 5.41) is 3.63. The van der Waals surface area contributed by atoms with Crippen molar-refractivity contribution in [1.82, 2.24) is 10.2 Å². The van der Waals surface area contributed by atoms with Crippen LogP contribution in [0.3, 0.4) is 0 Å². The molecule has 1 unspecified atom stereocenters. The van der Waals surface area contributed by atoms with E-state index in [9.17, 15) is 4.79 Å². The van der Waals surface area contributed by atoms with Crippen LogP contribution >= 0.6 is 12.4 Å². The summed E-state index contributed by atoms with van der Waals surface area (Å²) in [5.74, 6) is 0. The molecule has 0 aromatic carbocycles. The predicted molar refractivity (Wildman–Crippen MR) is 74.6 cm³/mol. The molecule has 1 aliphatic carbocycles. The van der Waals surface area contributed by atoms with Crippen molar-refractivity contribution in [2.75, 3.05) is 6.54 Å². The van der Waals surface area contributed by atoms with Crippen molar-refractivity contribution in [3.8, 4) is 0 Å². The Morgan fingerprint density at radius 3 is 2.37 bits per heavy atom. The van der Waals surface area contributed by atoms with E-state index in [0.717, 1.165) is 25.8 Å². The molecule has 4 rings (SSSR count). The summed E-state index contributed by atoms with van der Waals surface area (Å²) in [6, 6.07) is 1.66. The van der Waals surface area contributed by atoms with Crippen LogP contribution < -0.4 is 5.32 Å². The van der Waals surface area contributed by atoms with E-state index in [1.54, 1.807) is 0 Å². The SMILES string of the molecule is Cl.O=C1OC2(CCN1C1CCC1)C[C@H]1CC[C@@H](C2)N1. The number of carbonyl (C=O) groups excluding carboxylic acids is 1. The third-order valence-corrected chi connectivity index (χ3v) is 5.43. The van der Waals surface area contributed by atoms with Crippen molar-refractivity contribution in [3.63, 3.8) is 0 Å². The highest BCUT2D eigenvalue weighted by Gasteiger charge is 2.50. The summed E-state index contributed by atoms with van der Waals surface area (Å²) >= 11 is 0. The van der Waals surface area contributed by atoms with Crippen LogP contribution in [0.15, 0.2) is 0 Å². The van der Waals surface area contributed by atoms with Gasteiger partial charge in [-0.15, -0.1) is 12.4 Å². The van der Waals surface area contributed by atoms with Crippen LogP contribution in [0.25, 0.3) is 0 Å². The van der Waals surface area contributed by atoms with Crippen molar-refractivity contribution in [3.05, 3.63) is 0 Å². The maximum atomic E-state index is 12.2. The van der Waals surface area contributed by atoms with E-state index in [1.165, 1.54) is 32.1 Å². The molecule has 3 aliphatic heterocycles. The van der Waals surface area contributed by atoms with Gasteiger partial charge in [-0.1, -0.05) is 0 Å². The Bertz CT molecular complexity index is 360. The smallest absolute Gasteiger partial charge is 0.410 e. The van der Waals surface area contributed by atoms with Gasteiger partial charge in [0, 0.05) is 43.9 Å². The maximum Gasteiger partial charge on any atom is 0.410 e. The Labute approximate surface area is 120 Å². The Hall–Kier alpha value is -0.480. The van der Waals surface area contributed by atoms with Gasteiger partial charge >= 0.3 is 6.09 Å². The zero-order valence-corrected chi connectivity index (χ0v) is 12.1. The van der Waals surface area contributed by atoms with Crippen molar-refractivity contribution >= 4 is 18.5 Å². The molecule has 0 radical (unpaired) electrons. The van der Waals surface area contributed by atoms with E-state index >= 15 is 0 Å². The van der Waals surface area contributed by atoms with Crippen LogP contribution in [0.5, 0.6) is 0 Å². The monoisotopic (exact) mass is 286 g/mol. The lowest BCUT2D eigenvalue weighted by Crippen LogP contribution is -2.59. The summed E-state index contributed by atoms with van der Waals surface area (Å²) in [4.78, 5) is 14.2. The summed E-state index contributed by atoms with van der Waals surface area (Å²) < 4.78 is 5.91. The van der Waals surface area contributed by atoms with Gasteiger partial charge in [-0.25, -0.2) is 4.79 Å². The average molecular weight is 287 g/mol. The molecule has 0 aromatic rings. The van der Waals surface area contributed by atoms with E-state index in [-0.39, 0.29) is 24.1 Å². The van der Waals surface area contributed by atoms with E-state index in [0.29, 0.717) is 18.1 Å². The lowest BCUT2D eigenvalue weighted by atomic mass is 9.82. The van der Waals surface area contributed by atoms with Crippen molar-refractivity contribution in [2.45, 2.75) is 75.1 Å². The molecule has 19 heavy (non-hydrogen) atoms. The summed E-state index contributed by atoms with van der Waals surface area (Å²) in [6.45, 7) is 0.920. The Balaban J connectivity index is 0.00000110. The molecular formula is C14H23ClN2O2. The quantitative estimate of drug-likeness (QED) is 0.805. The van der Waals surface area contributed by atoms with Gasteiger partial charge in [-0.05, 0) is 32.1 Å². The fourth-order valence-electron chi connectivity index (χ4n) is 4.23. The van der Waals surface area contributed by atoms with E-state index < -0.39 is 0 Å². The van der Waals surface area contributed by atoms with Gasteiger partial charge in [-0.3, -0.25) is 0 Å². The first-order valence-corrected chi connectivity index (χ1v) is 7.50. The number of halogens is 1. The summed E-state index contributed by atoms with van der Waals surface area (Å²) in [7, 11) is 0. The number of ether oxygens (including phenoxy) is 1. The Morgan fingerprint density at radius 1 is 1.16 bits per heavy atom. The minimum absolute atomic E-state index is 0. The fraction of sp³-hybridized carbons (Fsp3) is 0.929. The molecule has 1 spiro atoms. The Kier molecular flexibility index (Phi) is 3.42. The first-order chi connectivity index (χ1) is 8.74. The third kappa shape index (κ3) is 2.23. The van der Waals surface area contributed by atoms with Gasteiger partial charge in [0.1, 0.15) is 5.60 Å². The second-order valence-electron chi connectivity index (χ2n) is 6.63. The molecule has 3 atom stereocenters. The van der Waals surface area contributed by atoms with Crippen LogP contribution in [0.1, 0.15) is 51.4 Å². The third-order valence-electron chi connectivity index (χ3n) is 5.43. The lowest BCUT2D eigenvalue weighted by Gasteiger charge is -2.48. The number of fused-ring (bicyclic) bond motifs is 2. The number of carbonyl (C=O) groups is 1. The van der Waals surface area contributed by atoms with Crippen molar-refractivity contribution in [1.29, 1.82) is 0 Å². The molecule has 1 saturated carbocycles. The van der Waals surface area contributed by atoms with Gasteiger partial charge in [0.05, 0.1) is 0 Å². The molecule has 0 aromatic heterocycles. The first kappa shape index (κ1) is 13.5. The first-order valence-electron chi connectivity index (χ1n) is 7.50. The second-order valence-corrected chi connectivity index (χ2v) is 6.63. The van der Waals surface area contributed by atoms with Gasteiger partial charge in [0.25, 0.3) is 0 Å². The number of amides is 1. The highest BCUT2D eigenvalue weighted by molar-refractivity contribution is 5.85. The fourth-order valence-corrected chi connectivity index (χ4v) is 4.23. The molecular weight excluding hydrogens is 264 g/mol. The van der Waals surface area contributed by atoms with Crippen molar-refractivity contribution < 1.29 is 9.53 Å². The summed E-state index contributed by atoms with van der Waals surface area (Å²) in [5.41, 5.74) is -0.131. The molecule has 2 bridgehead atoms.